The van der Waals surface area contributed by atoms with Crippen LogP contribution in [0.25, 0.3) is 0 Å². The molecule has 0 bridgehead atoms. The molecule has 2 aromatic rings. The van der Waals surface area contributed by atoms with Gasteiger partial charge in [0.1, 0.15) is 6.54 Å². The van der Waals surface area contributed by atoms with E-state index in [1.165, 1.54) is 18.2 Å². The Hall–Kier alpha value is -1.76. The van der Waals surface area contributed by atoms with Gasteiger partial charge in [-0.1, -0.05) is 35.3 Å². The third-order valence-corrected chi connectivity index (χ3v) is 5.24. The number of aryl methyl sites for hydroxylation is 1. The van der Waals surface area contributed by atoms with Gasteiger partial charge in [-0.3, -0.25) is 9.10 Å². The first-order chi connectivity index (χ1) is 11.6. The van der Waals surface area contributed by atoms with Gasteiger partial charge in [0.05, 0.1) is 11.9 Å². The Morgan fingerprint density at radius 2 is 1.72 bits per heavy atom. The van der Waals surface area contributed by atoms with Gasteiger partial charge in [-0.2, -0.15) is 0 Å². The molecule has 8 heteroatoms. The molecule has 0 atom stereocenters. The Morgan fingerprint density at radius 3 is 2.28 bits per heavy atom. The molecule has 2 rings (SSSR count). The Labute approximate surface area is 157 Å². The average molecular weight is 401 g/mol. The van der Waals surface area contributed by atoms with Crippen molar-refractivity contribution < 1.29 is 13.2 Å². The minimum absolute atomic E-state index is 0.354. The van der Waals surface area contributed by atoms with Crippen LogP contribution < -0.4 is 9.62 Å². The zero-order valence-corrected chi connectivity index (χ0v) is 16.3. The Balaban J connectivity index is 2.29. The number of nitrogens with zero attached hydrogens (tertiary/aromatic N) is 1. The first-order valence-corrected chi connectivity index (χ1v) is 9.98. The second-order valence-electron chi connectivity index (χ2n) is 5.69. The fourth-order valence-corrected chi connectivity index (χ4v) is 3.78. The molecule has 0 aliphatic heterocycles. The summed E-state index contributed by atoms with van der Waals surface area (Å²) in [7, 11) is -3.64. The molecule has 0 fully saturated rings. The third kappa shape index (κ3) is 5.11. The molecule has 0 saturated heterocycles. The van der Waals surface area contributed by atoms with E-state index >= 15 is 0 Å². The normalized spacial score (nSPS) is 11.2. The fourth-order valence-electron chi connectivity index (χ4n) is 2.34. The number of rotatable bonds is 5. The highest BCUT2D eigenvalue weighted by molar-refractivity contribution is 7.92. The lowest BCUT2D eigenvalue weighted by Gasteiger charge is -2.24. The first-order valence-electron chi connectivity index (χ1n) is 7.38. The van der Waals surface area contributed by atoms with Crippen LogP contribution in [0.2, 0.25) is 10.0 Å². The van der Waals surface area contributed by atoms with Crippen LogP contribution in [0.4, 0.5) is 11.4 Å². The Bertz CT molecular complexity index is 894. The Morgan fingerprint density at radius 1 is 1.12 bits per heavy atom. The van der Waals surface area contributed by atoms with Crippen LogP contribution in [0.1, 0.15) is 11.1 Å². The molecular formula is C17H18Cl2N2O3S. The molecular weight excluding hydrogens is 383 g/mol. The van der Waals surface area contributed by atoms with Gasteiger partial charge < -0.3 is 5.32 Å². The lowest BCUT2D eigenvalue weighted by molar-refractivity contribution is -0.114. The molecule has 5 nitrogen and oxygen atoms in total. The van der Waals surface area contributed by atoms with Crippen molar-refractivity contribution in [3.63, 3.8) is 0 Å². The van der Waals surface area contributed by atoms with E-state index in [2.05, 4.69) is 5.32 Å². The molecule has 0 saturated carbocycles. The molecule has 0 aliphatic rings. The number of sulfonamides is 1. The van der Waals surface area contributed by atoms with Crippen molar-refractivity contribution in [2.45, 2.75) is 13.8 Å². The van der Waals surface area contributed by atoms with Gasteiger partial charge in [-0.15, -0.1) is 0 Å². The van der Waals surface area contributed by atoms with Crippen LogP contribution in [0.5, 0.6) is 0 Å². The molecule has 1 amide bonds. The second kappa shape index (κ2) is 7.64. The zero-order chi connectivity index (χ0) is 18.8. The minimum Gasteiger partial charge on any atom is -0.324 e. The number of carbonyl (C=O) groups is 1. The number of hydrogen-bond donors (Lipinski definition) is 1. The van der Waals surface area contributed by atoms with Crippen molar-refractivity contribution in [1.82, 2.24) is 0 Å². The minimum atomic E-state index is -3.64. The standard InChI is InChI=1S/C17H18Cl2N2O3S/c1-11-5-4-6-16(12(11)2)21(25(3,23)24)10-17(22)20-15-8-13(18)7-14(19)9-15/h4-9H,10H2,1-3H3,(H,20,22). The van der Waals surface area contributed by atoms with Crippen molar-refractivity contribution in [2.24, 2.45) is 0 Å². The van der Waals surface area contributed by atoms with Gasteiger partial charge in [0, 0.05) is 15.7 Å². The van der Waals surface area contributed by atoms with E-state index in [9.17, 15) is 13.2 Å². The number of hydrogen-bond acceptors (Lipinski definition) is 3. The summed E-state index contributed by atoms with van der Waals surface area (Å²) in [6.07, 6.45) is 1.07. The third-order valence-electron chi connectivity index (χ3n) is 3.68. The van der Waals surface area contributed by atoms with E-state index in [1.807, 2.05) is 19.9 Å². The van der Waals surface area contributed by atoms with Crippen molar-refractivity contribution in [3.8, 4) is 0 Å². The predicted molar refractivity (Wildman–Crippen MR) is 103 cm³/mol. The summed E-state index contributed by atoms with van der Waals surface area (Å²) in [4.78, 5) is 12.4. The van der Waals surface area contributed by atoms with E-state index in [0.717, 1.165) is 21.7 Å². The molecule has 134 valence electrons. The highest BCUT2D eigenvalue weighted by Crippen LogP contribution is 2.26. The Kier molecular flexibility index (Phi) is 5.98. The summed E-state index contributed by atoms with van der Waals surface area (Å²) in [5.41, 5.74) is 2.61. The summed E-state index contributed by atoms with van der Waals surface area (Å²) in [6.45, 7) is 3.35. The number of halogens is 2. The van der Waals surface area contributed by atoms with Crippen molar-refractivity contribution in [2.75, 3.05) is 22.4 Å². The van der Waals surface area contributed by atoms with Gasteiger partial charge in [0.2, 0.25) is 15.9 Å². The lowest BCUT2D eigenvalue weighted by atomic mass is 10.1. The molecule has 1 N–H and O–H groups in total. The van der Waals surface area contributed by atoms with E-state index < -0.39 is 15.9 Å². The van der Waals surface area contributed by atoms with Crippen LogP contribution in [0, 0.1) is 13.8 Å². The van der Waals surface area contributed by atoms with Gasteiger partial charge in [-0.25, -0.2) is 8.42 Å². The molecule has 0 unspecified atom stereocenters. The number of anilines is 2. The molecule has 0 spiro atoms. The number of amides is 1. The quantitative estimate of drug-likeness (QED) is 0.823. The average Bonchev–Trinajstić information content (AvgIpc) is 2.46. The van der Waals surface area contributed by atoms with Crippen molar-refractivity contribution in [3.05, 3.63) is 57.6 Å². The molecule has 0 radical (unpaired) electrons. The van der Waals surface area contributed by atoms with Crippen molar-refractivity contribution in [1.29, 1.82) is 0 Å². The molecule has 0 aliphatic carbocycles. The van der Waals surface area contributed by atoms with Crippen LogP contribution in [0.3, 0.4) is 0 Å². The molecule has 0 aromatic heterocycles. The molecule has 2 aromatic carbocycles. The van der Waals surface area contributed by atoms with Gasteiger partial charge in [0.25, 0.3) is 0 Å². The van der Waals surface area contributed by atoms with Crippen LogP contribution >= 0.6 is 23.2 Å². The zero-order valence-electron chi connectivity index (χ0n) is 14.0. The summed E-state index contributed by atoms with van der Waals surface area (Å²) in [6, 6.07) is 9.92. The monoisotopic (exact) mass is 400 g/mol. The van der Waals surface area contributed by atoms with Crippen LogP contribution in [0.15, 0.2) is 36.4 Å². The maximum absolute atomic E-state index is 12.4. The van der Waals surface area contributed by atoms with Crippen LogP contribution in [-0.4, -0.2) is 27.1 Å². The number of carbonyl (C=O) groups excluding carboxylic acids is 1. The summed E-state index contributed by atoms with van der Waals surface area (Å²) < 4.78 is 25.5. The van der Waals surface area contributed by atoms with Gasteiger partial charge >= 0.3 is 0 Å². The largest absolute Gasteiger partial charge is 0.324 e. The smallest absolute Gasteiger partial charge is 0.245 e. The SMILES string of the molecule is Cc1cccc(N(CC(=O)Nc2cc(Cl)cc(Cl)c2)S(C)(=O)=O)c1C. The highest BCUT2D eigenvalue weighted by Gasteiger charge is 2.23. The second-order valence-corrected chi connectivity index (χ2v) is 8.47. The first kappa shape index (κ1) is 19.6. The van der Waals surface area contributed by atoms with E-state index in [4.69, 9.17) is 23.2 Å². The van der Waals surface area contributed by atoms with Crippen molar-refractivity contribution >= 4 is 50.5 Å². The topological polar surface area (TPSA) is 66.5 Å². The highest BCUT2D eigenvalue weighted by atomic mass is 35.5. The molecule has 25 heavy (non-hydrogen) atoms. The van der Waals surface area contributed by atoms with Crippen LogP contribution in [-0.2, 0) is 14.8 Å². The number of benzene rings is 2. The number of nitrogens with one attached hydrogen (secondary N) is 1. The summed E-state index contributed by atoms with van der Waals surface area (Å²) >= 11 is 11.8. The van der Waals surface area contributed by atoms with Gasteiger partial charge in [0.15, 0.2) is 0 Å². The summed E-state index contributed by atoms with van der Waals surface area (Å²) in [5.74, 6) is -0.496. The maximum atomic E-state index is 12.4. The van der Waals surface area contributed by atoms with E-state index in [-0.39, 0.29) is 6.54 Å². The maximum Gasteiger partial charge on any atom is 0.245 e. The lowest BCUT2D eigenvalue weighted by Crippen LogP contribution is -2.38. The van der Waals surface area contributed by atoms with Gasteiger partial charge in [-0.05, 0) is 49.2 Å². The molecule has 0 heterocycles. The van der Waals surface area contributed by atoms with E-state index in [1.54, 1.807) is 12.1 Å². The predicted octanol–water partition coefficient (Wildman–Crippen LogP) is 4.01. The van der Waals surface area contributed by atoms with E-state index in [0.29, 0.717) is 21.4 Å². The summed E-state index contributed by atoms with van der Waals surface area (Å²) in [5, 5.41) is 3.36. The fraction of sp³-hybridized carbons (Fsp3) is 0.235.